The van der Waals surface area contributed by atoms with Gasteiger partial charge in [0.15, 0.2) is 11.5 Å². The van der Waals surface area contributed by atoms with Crippen molar-refractivity contribution < 1.29 is 37.3 Å². The van der Waals surface area contributed by atoms with E-state index in [1.807, 2.05) is 0 Å². The molecule has 0 spiro atoms. The molecule has 7 nitrogen and oxygen atoms in total. The zero-order valence-corrected chi connectivity index (χ0v) is 18.0. The van der Waals surface area contributed by atoms with Crippen LogP contribution in [0.2, 0.25) is 0 Å². The van der Waals surface area contributed by atoms with Gasteiger partial charge in [-0.05, 0) is 17.7 Å². The molecule has 2 N–H and O–H groups in total. The van der Waals surface area contributed by atoms with Gasteiger partial charge in [0.25, 0.3) is 5.91 Å². The highest BCUT2D eigenvalue weighted by Crippen LogP contribution is 2.40. The van der Waals surface area contributed by atoms with E-state index in [1.54, 1.807) is 0 Å². The summed E-state index contributed by atoms with van der Waals surface area (Å²) in [5.74, 6) is 0.438. The minimum atomic E-state index is -4.54. The van der Waals surface area contributed by atoms with Crippen molar-refractivity contribution in [1.29, 1.82) is 0 Å². The first kappa shape index (κ1) is 23.4. The fourth-order valence-electron chi connectivity index (χ4n) is 2.89. The number of alkyl halides is 3. The van der Waals surface area contributed by atoms with Gasteiger partial charge in [-0.25, -0.2) is 4.98 Å². The summed E-state index contributed by atoms with van der Waals surface area (Å²) in [5.41, 5.74) is -0.529. The highest BCUT2D eigenvalue weighted by molar-refractivity contribution is 7.10. The van der Waals surface area contributed by atoms with Gasteiger partial charge in [-0.15, -0.1) is 11.3 Å². The third-order valence-corrected chi connectivity index (χ3v) is 5.34. The van der Waals surface area contributed by atoms with E-state index in [2.05, 4.69) is 10.3 Å². The summed E-state index contributed by atoms with van der Waals surface area (Å²) in [6, 6.07) is 7.38. The molecule has 0 saturated heterocycles. The smallest absolute Gasteiger partial charge is 0.416 e. The first-order valence-corrected chi connectivity index (χ1v) is 9.98. The second-order valence-electron chi connectivity index (χ2n) is 6.46. The fourth-order valence-corrected chi connectivity index (χ4v) is 3.70. The number of aromatic nitrogens is 1. The molecule has 11 heteroatoms. The van der Waals surface area contributed by atoms with E-state index in [-0.39, 0.29) is 16.3 Å². The minimum Gasteiger partial charge on any atom is -0.493 e. The number of amides is 1. The lowest BCUT2D eigenvalue weighted by molar-refractivity contribution is -0.137. The van der Waals surface area contributed by atoms with Crippen molar-refractivity contribution in [3.05, 3.63) is 63.6 Å². The zero-order valence-electron chi connectivity index (χ0n) is 17.2. The van der Waals surface area contributed by atoms with E-state index in [1.165, 1.54) is 51.0 Å². The summed E-state index contributed by atoms with van der Waals surface area (Å²) in [6.45, 7) is 0. The number of thiazole rings is 1. The van der Waals surface area contributed by atoms with Crippen molar-refractivity contribution in [3.8, 4) is 17.2 Å². The molecule has 1 unspecified atom stereocenters. The molecule has 2 aromatic carbocycles. The van der Waals surface area contributed by atoms with Crippen LogP contribution in [0.25, 0.3) is 0 Å². The number of nitrogens with one attached hydrogen (secondary N) is 1. The van der Waals surface area contributed by atoms with Gasteiger partial charge in [-0.2, -0.15) is 13.2 Å². The number of halogens is 3. The van der Waals surface area contributed by atoms with E-state index in [0.29, 0.717) is 22.9 Å². The van der Waals surface area contributed by atoms with Gasteiger partial charge in [0, 0.05) is 23.2 Å². The Hall–Kier alpha value is -3.31. The molecule has 1 heterocycles. The molecule has 1 atom stereocenters. The summed E-state index contributed by atoms with van der Waals surface area (Å²) in [6.07, 6.45) is -5.95. The van der Waals surface area contributed by atoms with E-state index < -0.39 is 23.8 Å². The summed E-state index contributed by atoms with van der Waals surface area (Å²) in [5, 5.41) is 14.6. The van der Waals surface area contributed by atoms with Gasteiger partial charge in [-0.3, -0.25) is 4.79 Å². The third-order valence-electron chi connectivity index (χ3n) is 4.44. The molecule has 32 heavy (non-hydrogen) atoms. The number of rotatable bonds is 7. The summed E-state index contributed by atoms with van der Waals surface area (Å²) < 4.78 is 54.5. The molecule has 1 aromatic heterocycles. The van der Waals surface area contributed by atoms with Crippen molar-refractivity contribution in [3.63, 3.8) is 0 Å². The van der Waals surface area contributed by atoms with Crippen molar-refractivity contribution in [2.24, 2.45) is 0 Å². The normalized spacial score (nSPS) is 12.2. The first-order valence-electron chi connectivity index (χ1n) is 9.10. The molecular formula is C21H19F3N2O5S. The molecule has 0 bridgehead atoms. The maximum atomic E-state index is 12.9. The number of anilines is 1. The lowest BCUT2D eigenvalue weighted by Crippen LogP contribution is -2.13. The lowest BCUT2D eigenvalue weighted by atomic mass is 10.1. The number of aliphatic hydroxyl groups is 1. The van der Waals surface area contributed by atoms with Crippen LogP contribution in [0.5, 0.6) is 17.2 Å². The fraction of sp³-hybridized carbons (Fsp3) is 0.238. The number of nitrogens with zero attached hydrogens (tertiary/aromatic N) is 1. The molecule has 0 aliphatic heterocycles. The second kappa shape index (κ2) is 9.45. The van der Waals surface area contributed by atoms with E-state index >= 15 is 0 Å². The Labute approximate surface area is 185 Å². The van der Waals surface area contributed by atoms with Gasteiger partial charge in [0.05, 0.1) is 26.9 Å². The van der Waals surface area contributed by atoms with Crippen molar-refractivity contribution in [1.82, 2.24) is 4.98 Å². The molecule has 0 fully saturated rings. The molecule has 3 aromatic rings. The zero-order chi connectivity index (χ0) is 23.5. The van der Waals surface area contributed by atoms with Crippen LogP contribution in [-0.2, 0) is 6.18 Å². The molecule has 0 aliphatic carbocycles. The molecule has 0 radical (unpaired) electrons. The average Bonchev–Trinajstić information content (AvgIpc) is 3.27. The van der Waals surface area contributed by atoms with Gasteiger partial charge < -0.3 is 24.6 Å². The predicted molar refractivity (Wildman–Crippen MR) is 112 cm³/mol. The number of methoxy groups -OCH3 is 3. The highest BCUT2D eigenvalue weighted by Gasteiger charge is 2.31. The van der Waals surface area contributed by atoms with Gasteiger partial charge in [-0.1, -0.05) is 12.1 Å². The van der Waals surface area contributed by atoms with Crippen LogP contribution in [0, 0.1) is 0 Å². The molecule has 0 aliphatic rings. The van der Waals surface area contributed by atoms with Crippen LogP contribution in [0.15, 0.2) is 41.8 Å². The van der Waals surface area contributed by atoms with Crippen LogP contribution in [-0.4, -0.2) is 37.3 Å². The SMILES string of the molecule is COc1cc(NC(=O)c2csc(C(O)c3cccc(C(F)(F)F)c3)n2)cc(OC)c1OC. The van der Waals surface area contributed by atoms with Crippen LogP contribution in [0.3, 0.4) is 0 Å². The minimum absolute atomic E-state index is 0.00947. The quantitative estimate of drug-likeness (QED) is 0.530. The maximum Gasteiger partial charge on any atom is 0.416 e. The van der Waals surface area contributed by atoms with E-state index in [4.69, 9.17) is 14.2 Å². The Kier molecular flexibility index (Phi) is 6.90. The van der Waals surface area contributed by atoms with E-state index in [9.17, 15) is 23.1 Å². The summed E-state index contributed by atoms with van der Waals surface area (Å²) in [7, 11) is 4.32. The molecule has 3 rings (SSSR count). The second-order valence-corrected chi connectivity index (χ2v) is 7.35. The topological polar surface area (TPSA) is 89.9 Å². The maximum absolute atomic E-state index is 12.9. The number of ether oxygens (including phenoxy) is 3. The highest BCUT2D eigenvalue weighted by atomic mass is 32.1. The van der Waals surface area contributed by atoms with Gasteiger partial charge >= 0.3 is 6.18 Å². The van der Waals surface area contributed by atoms with Crippen LogP contribution >= 0.6 is 11.3 Å². The lowest BCUT2D eigenvalue weighted by Gasteiger charge is -2.14. The van der Waals surface area contributed by atoms with Crippen LogP contribution in [0.1, 0.15) is 32.7 Å². The summed E-state index contributed by atoms with van der Waals surface area (Å²) >= 11 is 0.954. The Bertz CT molecular complexity index is 1090. The predicted octanol–water partition coefficient (Wildman–Crippen LogP) is 4.52. The van der Waals surface area contributed by atoms with Crippen molar-refractivity contribution >= 4 is 22.9 Å². The Morgan fingerprint density at radius 3 is 2.31 bits per heavy atom. The Morgan fingerprint density at radius 1 is 1.09 bits per heavy atom. The Balaban J connectivity index is 1.81. The number of carbonyl (C=O) groups excluding carboxylic acids is 1. The summed E-state index contributed by atoms with van der Waals surface area (Å²) in [4.78, 5) is 16.7. The molecular weight excluding hydrogens is 449 g/mol. The molecule has 1 amide bonds. The number of aliphatic hydroxyl groups excluding tert-OH is 1. The van der Waals surface area contributed by atoms with Crippen molar-refractivity contribution in [2.75, 3.05) is 26.6 Å². The largest absolute Gasteiger partial charge is 0.493 e. The average molecular weight is 468 g/mol. The Morgan fingerprint density at radius 2 is 1.75 bits per heavy atom. The van der Waals surface area contributed by atoms with Gasteiger partial charge in [0.1, 0.15) is 16.8 Å². The number of hydrogen-bond acceptors (Lipinski definition) is 7. The number of carbonyl (C=O) groups is 1. The molecule has 0 saturated carbocycles. The van der Waals surface area contributed by atoms with E-state index in [0.717, 1.165) is 23.5 Å². The third kappa shape index (κ3) is 4.94. The number of hydrogen-bond donors (Lipinski definition) is 2. The standard InChI is InChI=1S/C21H19F3N2O5S/c1-29-15-8-13(9-16(30-2)18(15)31-3)25-19(28)14-10-32-20(26-14)17(27)11-5-4-6-12(7-11)21(22,23)24/h4-10,17,27H,1-3H3,(H,25,28). The molecule has 170 valence electrons. The first-order chi connectivity index (χ1) is 15.2. The van der Waals surface area contributed by atoms with Gasteiger partial charge in [0.2, 0.25) is 5.75 Å². The van der Waals surface area contributed by atoms with Crippen LogP contribution < -0.4 is 19.5 Å². The number of benzene rings is 2. The monoisotopic (exact) mass is 468 g/mol. The van der Waals surface area contributed by atoms with Crippen molar-refractivity contribution in [2.45, 2.75) is 12.3 Å². The van der Waals surface area contributed by atoms with Crippen LogP contribution in [0.4, 0.5) is 18.9 Å².